The summed E-state index contributed by atoms with van der Waals surface area (Å²) in [4.78, 5) is 12.3. The molecule has 7 nitrogen and oxygen atoms in total. The van der Waals surface area contributed by atoms with Crippen molar-refractivity contribution < 1.29 is 9.53 Å². The van der Waals surface area contributed by atoms with Crippen molar-refractivity contribution in [3.8, 4) is 0 Å². The molecule has 0 fully saturated rings. The van der Waals surface area contributed by atoms with Gasteiger partial charge in [0.2, 0.25) is 0 Å². The van der Waals surface area contributed by atoms with Crippen molar-refractivity contribution >= 4 is 11.6 Å². The molecular weight excluding hydrogens is 318 g/mol. The maximum Gasteiger partial charge on any atom is 0.255 e. The summed E-state index contributed by atoms with van der Waals surface area (Å²) in [6.45, 7) is 5.04. The first-order valence-electron chi connectivity index (χ1n) is 7.98. The molecule has 0 spiro atoms. The van der Waals surface area contributed by atoms with Gasteiger partial charge in [-0.15, -0.1) is 0 Å². The second-order valence-corrected chi connectivity index (χ2v) is 5.92. The number of methoxy groups -OCH3 is 1. The molecule has 1 aromatic carbocycles. The topological polar surface area (TPSA) is 74.0 Å². The van der Waals surface area contributed by atoms with Gasteiger partial charge in [0.05, 0.1) is 30.3 Å². The van der Waals surface area contributed by atoms with Gasteiger partial charge in [0.1, 0.15) is 6.73 Å². The standard InChI is InChI=1S/C18H21N5O2/c1-13-8-14(2)23(21-13)10-15-4-6-16(7-5-15)18(24)20-17-9-19-22(11-17)12-25-3/h4-9,11H,10,12H2,1-3H3,(H,20,24). The third-order valence-electron chi connectivity index (χ3n) is 3.80. The van der Waals surface area contributed by atoms with E-state index in [1.165, 1.54) is 0 Å². The average Bonchev–Trinajstić information content (AvgIpc) is 3.14. The zero-order chi connectivity index (χ0) is 17.8. The van der Waals surface area contributed by atoms with Gasteiger partial charge in [-0.05, 0) is 37.6 Å². The summed E-state index contributed by atoms with van der Waals surface area (Å²) < 4.78 is 8.54. The zero-order valence-electron chi connectivity index (χ0n) is 14.6. The summed E-state index contributed by atoms with van der Waals surface area (Å²) in [5.41, 5.74) is 4.44. The van der Waals surface area contributed by atoms with E-state index in [9.17, 15) is 4.79 Å². The average molecular weight is 339 g/mol. The number of benzene rings is 1. The summed E-state index contributed by atoms with van der Waals surface area (Å²) in [7, 11) is 1.59. The number of nitrogens with one attached hydrogen (secondary N) is 1. The predicted molar refractivity (Wildman–Crippen MR) is 94.4 cm³/mol. The largest absolute Gasteiger partial charge is 0.362 e. The second-order valence-electron chi connectivity index (χ2n) is 5.92. The van der Waals surface area contributed by atoms with Crippen LogP contribution in [0.15, 0.2) is 42.7 Å². The number of aromatic nitrogens is 4. The number of anilines is 1. The molecule has 3 rings (SSSR count). The molecular formula is C18H21N5O2. The van der Waals surface area contributed by atoms with Crippen LogP contribution >= 0.6 is 0 Å². The minimum absolute atomic E-state index is 0.172. The molecule has 0 aliphatic carbocycles. The zero-order valence-corrected chi connectivity index (χ0v) is 14.6. The summed E-state index contributed by atoms with van der Waals surface area (Å²) in [5, 5.41) is 11.4. The van der Waals surface area contributed by atoms with Gasteiger partial charge in [0.25, 0.3) is 5.91 Å². The van der Waals surface area contributed by atoms with Crippen LogP contribution in [0, 0.1) is 13.8 Å². The lowest BCUT2D eigenvalue weighted by Gasteiger charge is -2.06. The van der Waals surface area contributed by atoms with E-state index in [4.69, 9.17) is 4.74 Å². The van der Waals surface area contributed by atoms with E-state index in [1.807, 2.05) is 48.9 Å². The van der Waals surface area contributed by atoms with Gasteiger partial charge in [-0.25, -0.2) is 4.68 Å². The van der Waals surface area contributed by atoms with Gasteiger partial charge >= 0.3 is 0 Å². The number of rotatable bonds is 6. The second kappa shape index (κ2) is 7.31. The Labute approximate surface area is 146 Å². The molecule has 0 bridgehead atoms. The summed E-state index contributed by atoms with van der Waals surface area (Å²) in [6, 6.07) is 9.57. The monoisotopic (exact) mass is 339 g/mol. The molecule has 0 unspecified atom stereocenters. The number of hydrogen-bond acceptors (Lipinski definition) is 4. The highest BCUT2D eigenvalue weighted by molar-refractivity contribution is 6.04. The van der Waals surface area contributed by atoms with Gasteiger partial charge in [-0.3, -0.25) is 9.48 Å². The molecule has 0 atom stereocenters. The van der Waals surface area contributed by atoms with E-state index in [1.54, 1.807) is 24.2 Å². The van der Waals surface area contributed by atoms with Crippen LogP contribution in [0.1, 0.15) is 27.3 Å². The van der Waals surface area contributed by atoms with Gasteiger partial charge in [0, 0.05) is 18.4 Å². The highest BCUT2D eigenvalue weighted by atomic mass is 16.5. The molecule has 3 aromatic rings. The van der Waals surface area contributed by atoms with E-state index in [0.29, 0.717) is 24.5 Å². The van der Waals surface area contributed by atoms with E-state index < -0.39 is 0 Å². The third kappa shape index (κ3) is 4.13. The fraction of sp³-hybridized carbons (Fsp3) is 0.278. The fourth-order valence-corrected chi connectivity index (χ4v) is 2.60. The van der Waals surface area contributed by atoms with Crippen LogP contribution in [-0.4, -0.2) is 32.6 Å². The van der Waals surface area contributed by atoms with Gasteiger partial charge in [0.15, 0.2) is 0 Å². The highest BCUT2D eigenvalue weighted by Gasteiger charge is 2.08. The lowest BCUT2D eigenvalue weighted by atomic mass is 10.1. The minimum Gasteiger partial charge on any atom is -0.362 e. The van der Waals surface area contributed by atoms with Crippen LogP contribution in [0.4, 0.5) is 5.69 Å². The summed E-state index contributed by atoms with van der Waals surface area (Å²) in [6.07, 6.45) is 3.31. The molecule has 2 aromatic heterocycles. The molecule has 0 saturated heterocycles. The Balaban J connectivity index is 1.64. The number of hydrogen-bond donors (Lipinski definition) is 1. The lowest BCUT2D eigenvalue weighted by molar-refractivity contribution is 0.102. The van der Waals surface area contributed by atoms with E-state index >= 15 is 0 Å². The number of carbonyl (C=O) groups excluding carboxylic acids is 1. The lowest BCUT2D eigenvalue weighted by Crippen LogP contribution is -2.12. The molecule has 0 aliphatic rings. The SMILES string of the molecule is COCn1cc(NC(=O)c2ccc(Cn3nc(C)cc3C)cc2)cn1. The Hall–Kier alpha value is -2.93. The normalized spacial score (nSPS) is 10.8. The smallest absolute Gasteiger partial charge is 0.255 e. The Kier molecular flexibility index (Phi) is 4.95. The molecule has 2 heterocycles. The Morgan fingerprint density at radius 1 is 1.24 bits per heavy atom. The van der Waals surface area contributed by atoms with Crippen molar-refractivity contribution in [1.82, 2.24) is 19.6 Å². The maximum atomic E-state index is 12.3. The minimum atomic E-state index is -0.172. The van der Waals surface area contributed by atoms with Crippen molar-refractivity contribution in [3.05, 3.63) is 65.2 Å². The van der Waals surface area contributed by atoms with Crippen LogP contribution in [0.5, 0.6) is 0 Å². The fourth-order valence-electron chi connectivity index (χ4n) is 2.60. The molecule has 25 heavy (non-hydrogen) atoms. The molecule has 130 valence electrons. The van der Waals surface area contributed by atoms with Crippen molar-refractivity contribution in [2.45, 2.75) is 27.1 Å². The number of amides is 1. The molecule has 0 aliphatic heterocycles. The third-order valence-corrected chi connectivity index (χ3v) is 3.80. The molecule has 1 amide bonds. The number of carbonyl (C=O) groups is 1. The van der Waals surface area contributed by atoms with Gasteiger partial charge < -0.3 is 10.1 Å². The molecule has 0 saturated carbocycles. The number of aryl methyl sites for hydroxylation is 2. The van der Waals surface area contributed by atoms with Crippen LogP contribution in [-0.2, 0) is 18.0 Å². The van der Waals surface area contributed by atoms with Crippen molar-refractivity contribution in [3.63, 3.8) is 0 Å². The Bertz CT molecular complexity index is 864. The van der Waals surface area contributed by atoms with Gasteiger partial charge in [-0.1, -0.05) is 12.1 Å². The number of ether oxygens (including phenoxy) is 1. The molecule has 1 N–H and O–H groups in total. The first-order valence-corrected chi connectivity index (χ1v) is 7.98. The van der Waals surface area contributed by atoms with Crippen LogP contribution in [0.3, 0.4) is 0 Å². The van der Waals surface area contributed by atoms with E-state index in [-0.39, 0.29) is 5.91 Å². The van der Waals surface area contributed by atoms with Crippen molar-refractivity contribution in [2.75, 3.05) is 12.4 Å². The first-order chi connectivity index (χ1) is 12.0. The first kappa shape index (κ1) is 16.9. The highest BCUT2D eigenvalue weighted by Crippen LogP contribution is 2.12. The quantitative estimate of drug-likeness (QED) is 0.749. The number of nitrogens with zero attached hydrogens (tertiary/aromatic N) is 4. The Morgan fingerprint density at radius 2 is 2.00 bits per heavy atom. The van der Waals surface area contributed by atoms with Gasteiger partial charge in [-0.2, -0.15) is 10.2 Å². The summed E-state index contributed by atoms with van der Waals surface area (Å²) >= 11 is 0. The molecule has 0 radical (unpaired) electrons. The molecule has 7 heteroatoms. The van der Waals surface area contributed by atoms with E-state index in [2.05, 4.69) is 15.5 Å². The summed E-state index contributed by atoms with van der Waals surface area (Å²) in [5.74, 6) is -0.172. The van der Waals surface area contributed by atoms with Crippen molar-refractivity contribution in [1.29, 1.82) is 0 Å². The van der Waals surface area contributed by atoms with E-state index in [0.717, 1.165) is 17.0 Å². The maximum absolute atomic E-state index is 12.3. The predicted octanol–water partition coefficient (Wildman–Crippen LogP) is 2.60. The van der Waals surface area contributed by atoms with Crippen LogP contribution in [0.25, 0.3) is 0 Å². The van der Waals surface area contributed by atoms with Crippen LogP contribution in [0.2, 0.25) is 0 Å². The Morgan fingerprint density at radius 3 is 2.64 bits per heavy atom. The van der Waals surface area contributed by atoms with Crippen molar-refractivity contribution in [2.24, 2.45) is 0 Å². The van der Waals surface area contributed by atoms with Crippen LogP contribution < -0.4 is 5.32 Å².